The summed E-state index contributed by atoms with van der Waals surface area (Å²) in [7, 11) is -4.09. The zero-order chi connectivity index (χ0) is 24.3. The largest absolute Gasteiger partial charge is 0.478 e. The van der Waals surface area contributed by atoms with Crippen LogP contribution in [0.5, 0.6) is 0 Å². The number of nitrogens with one attached hydrogen (secondary N) is 2. The van der Waals surface area contributed by atoms with Gasteiger partial charge in [-0.05, 0) is 65.9 Å². The normalized spacial score (nSPS) is 11.5. The number of hydrazone groups is 1. The second-order valence-electron chi connectivity index (χ2n) is 6.74. The van der Waals surface area contributed by atoms with E-state index in [0.717, 1.165) is 17.7 Å². The van der Waals surface area contributed by atoms with Crippen LogP contribution >= 0.6 is 22.6 Å². The summed E-state index contributed by atoms with van der Waals surface area (Å²) in [5, 5.41) is 15.1. The number of carboxylic acid groups (broad SMARTS) is 1. The summed E-state index contributed by atoms with van der Waals surface area (Å²) in [6.45, 7) is 1.77. The number of aryl methyl sites for hydroxylation is 1. The first-order chi connectivity index (χ1) is 15.5. The molecule has 0 amide bonds. The standard InChI is InChI=1S/C21H15F3IN3O4S/c1-11-2-5-14(6-3-11)33(31,32)28-26-10-12-8-15(21(29)30)20(19(24)18(12)23)27-17-7-4-13(25)9-16(17)22/h2-10,27-28H,1H3,(H,29,30)/b26-10+. The number of carbonyl (C=O) groups is 1. The van der Waals surface area contributed by atoms with Crippen molar-refractivity contribution in [1.29, 1.82) is 0 Å². The Labute approximate surface area is 200 Å². The second-order valence-corrected chi connectivity index (χ2v) is 9.64. The van der Waals surface area contributed by atoms with Crippen LogP contribution in [0.4, 0.5) is 24.5 Å². The van der Waals surface area contributed by atoms with Crippen LogP contribution in [0.15, 0.2) is 58.5 Å². The Morgan fingerprint density at radius 3 is 2.33 bits per heavy atom. The Hall–Kier alpha value is -3.13. The number of nitrogens with zero attached hydrogens (tertiary/aromatic N) is 1. The third-order valence-electron chi connectivity index (χ3n) is 4.36. The number of anilines is 2. The molecule has 0 fully saturated rings. The van der Waals surface area contributed by atoms with E-state index in [1.165, 1.54) is 24.3 Å². The van der Waals surface area contributed by atoms with Crippen LogP contribution in [0.3, 0.4) is 0 Å². The van der Waals surface area contributed by atoms with Gasteiger partial charge in [0.1, 0.15) is 5.82 Å². The lowest BCUT2D eigenvalue weighted by molar-refractivity contribution is 0.0697. The summed E-state index contributed by atoms with van der Waals surface area (Å²) >= 11 is 1.85. The minimum Gasteiger partial charge on any atom is -0.478 e. The molecule has 0 saturated heterocycles. The minimum atomic E-state index is -4.09. The predicted molar refractivity (Wildman–Crippen MR) is 125 cm³/mol. The lowest BCUT2D eigenvalue weighted by Crippen LogP contribution is -2.18. The molecule has 0 aliphatic rings. The highest BCUT2D eigenvalue weighted by atomic mass is 127. The van der Waals surface area contributed by atoms with Gasteiger partial charge < -0.3 is 10.4 Å². The zero-order valence-corrected chi connectivity index (χ0v) is 19.7. The smallest absolute Gasteiger partial charge is 0.337 e. The third-order valence-corrected chi connectivity index (χ3v) is 6.27. The first kappa shape index (κ1) is 24.5. The number of aromatic carboxylic acids is 1. The van der Waals surface area contributed by atoms with Crippen molar-refractivity contribution in [3.8, 4) is 0 Å². The Kier molecular flexibility index (Phi) is 7.27. The molecule has 0 saturated carbocycles. The van der Waals surface area contributed by atoms with Crippen molar-refractivity contribution in [2.75, 3.05) is 5.32 Å². The van der Waals surface area contributed by atoms with Crippen LogP contribution in [-0.2, 0) is 10.0 Å². The average molecular weight is 589 g/mol. The summed E-state index contributed by atoms with van der Waals surface area (Å²) < 4.78 is 68.4. The van der Waals surface area contributed by atoms with E-state index in [4.69, 9.17) is 0 Å². The van der Waals surface area contributed by atoms with Crippen LogP contribution < -0.4 is 10.1 Å². The van der Waals surface area contributed by atoms with Gasteiger partial charge in [0.25, 0.3) is 10.0 Å². The van der Waals surface area contributed by atoms with Gasteiger partial charge >= 0.3 is 5.97 Å². The fourth-order valence-corrected chi connectivity index (χ4v) is 3.94. The number of carboxylic acids is 1. The Morgan fingerprint density at radius 2 is 1.73 bits per heavy atom. The molecule has 0 atom stereocenters. The van der Waals surface area contributed by atoms with Gasteiger partial charge in [-0.2, -0.15) is 13.5 Å². The molecule has 0 heterocycles. The van der Waals surface area contributed by atoms with Crippen molar-refractivity contribution in [1.82, 2.24) is 4.83 Å². The fourth-order valence-electron chi connectivity index (χ4n) is 2.69. The first-order valence-electron chi connectivity index (χ1n) is 9.08. The number of sulfonamides is 1. The summed E-state index contributed by atoms with van der Waals surface area (Å²) in [4.78, 5) is 13.4. The van der Waals surface area contributed by atoms with E-state index >= 15 is 0 Å². The number of rotatable bonds is 7. The van der Waals surface area contributed by atoms with Crippen LogP contribution in [0.2, 0.25) is 0 Å². The highest BCUT2D eigenvalue weighted by molar-refractivity contribution is 14.1. The lowest BCUT2D eigenvalue weighted by Gasteiger charge is -2.13. The van der Waals surface area contributed by atoms with Gasteiger partial charge in [0.15, 0.2) is 11.6 Å². The quantitative estimate of drug-likeness (QED) is 0.209. The van der Waals surface area contributed by atoms with Crippen molar-refractivity contribution in [3.63, 3.8) is 0 Å². The van der Waals surface area contributed by atoms with Gasteiger partial charge in [0.2, 0.25) is 0 Å². The van der Waals surface area contributed by atoms with E-state index < -0.39 is 50.3 Å². The molecule has 3 N–H and O–H groups in total. The monoisotopic (exact) mass is 589 g/mol. The Morgan fingerprint density at radius 1 is 1.06 bits per heavy atom. The van der Waals surface area contributed by atoms with Gasteiger partial charge in [-0.25, -0.2) is 22.8 Å². The van der Waals surface area contributed by atoms with Gasteiger partial charge in [-0.3, -0.25) is 0 Å². The Balaban J connectivity index is 1.93. The summed E-state index contributed by atoms with van der Waals surface area (Å²) in [6, 6.07) is 10.4. The number of halogens is 4. The van der Waals surface area contributed by atoms with Crippen LogP contribution in [0.1, 0.15) is 21.5 Å². The van der Waals surface area contributed by atoms with Gasteiger partial charge in [-0.1, -0.05) is 17.7 Å². The summed E-state index contributed by atoms with van der Waals surface area (Å²) in [5.41, 5.74) is -1.57. The van der Waals surface area contributed by atoms with Crippen molar-refractivity contribution in [3.05, 3.63) is 86.2 Å². The SMILES string of the molecule is Cc1ccc(S(=O)(=O)N/N=C/c2cc(C(=O)O)c(Nc3ccc(I)cc3F)c(F)c2F)cc1. The average Bonchev–Trinajstić information content (AvgIpc) is 2.74. The van der Waals surface area contributed by atoms with Gasteiger partial charge in [0, 0.05) is 9.13 Å². The van der Waals surface area contributed by atoms with E-state index in [1.807, 2.05) is 27.4 Å². The lowest BCUT2D eigenvalue weighted by atomic mass is 10.1. The van der Waals surface area contributed by atoms with Crippen molar-refractivity contribution < 1.29 is 31.5 Å². The summed E-state index contributed by atoms with van der Waals surface area (Å²) in [6.07, 6.45) is 0.631. The van der Waals surface area contributed by atoms with Gasteiger partial charge in [-0.15, -0.1) is 0 Å². The highest BCUT2D eigenvalue weighted by Crippen LogP contribution is 2.30. The molecule has 0 aromatic heterocycles. The van der Waals surface area contributed by atoms with E-state index in [9.17, 15) is 31.5 Å². The maximum absolute atomic E-state index is 14.7. The highest BCUT2D eigenvalue weighted by Gasteiger charge is 2.23. The van der Waals surface area contributed by atoms with Crippen molar-refractivity contribution in [2.24, 2.45) is 5.10 Å². The number of hydrogen-bond donors (Lipinski definition) is 3. The van der Waals surface area contributed by atoms with Crippen molar-refractivity contribution in [2.45, 2.75) is 11.8 Å². The topological polar surface area (TPSA) is 108 Å². The maximum atomic E-state index is 14.7. The first-order valence-corrected chi connectivity index (χ1v) is 11.6. The van der Waals surface area contributed by atoms with Crippen LogP contribution in [0.25, 0.3) is 0 Å². The van der Waals surface area contributed by atoms with Crippen LogP contribution in [-0.4, -0.2) is 25.7 Å². The number of hydrogen-bond acceptors (Lipinski definition) is 5. The predicted octanol–water partition coefficient (Wildman–Crippen LogP) is 4.77. The molecular weight excluding hydrogens is 574 g/mol. The molecule has 172 valence electrons. The zero-order valence-electron chi connectivity index (χ0n) is 16.7. The molecular formula is C21H15F3IN3O4S. The van der Waals surface area contributed by atoms with Gasteiger partial charge in [0.05, 0.1) is 28.0 Å². The second kappa shape index (κ2) is 9.79. The van der Waals surface area contributed by atoms with E-state index in [2.05, 4.69) is 10.4 Å². The molecule has 3 rings (SSSR count). The molecule has 0 aliphatic heterocycles. The molecule has 0 aliphatic carbocycles. The van der Waals surface area contributed by atoms with E-state index in [1.54, 1.807) is 19.1 Å². The molecule has 0 bridgehead atoms. The molecule has 7 nitrogen and oxygen atoms in total. The molecule has 33 heavy (non-hydrogen) atoms. The van der Waals surface area contributed by atoms with Crippen molar-refractivity contribution >= 4 is 56.2 Å². The fraction of sp³-hybridized carbons (Fsp3) is 0.0476. The van der Waals surface area contributed by atoms with Crippen LogP contribution in [0, 0.1) is 27.9 Å². The molecule has 0 spiro atoms. The molecule has 3 aromatic carbocycles. The van der Waals surface area contributed by atoms with E-state index in [-0.39, 0.29) is 10.6 Å². The molecule has 0 unspecified atom stereocenters. The summed E-state index contributed by atoms with van der Waals surface area (Å²) in [5.74, 6) is -5.53. The minimum absolute atomic E-state index is 0.109. The molecule has 3 aromatic rings. The maximum Gasteiger partial charge on any atom is 0.337 e. The molecule has 12 heteroatoms. The third kappa shape index (κ3) is 5.63. The Bertz CT molecular complexity index is 1360. The molecule has 0 radical (unpaired) electrons. The van der Waals surface area contributed by atoms with E-state index in [0.29, 0.717) is 9.78 Å². The number of benzene rings is 3.